The Morgan fingerprint density at radius 1 is 1.28 bits per heavy atom. The summed E-state index contributed by atoms with van der Waals surface area (Å²) < 4.78 is 1.66. The van der Waals surface area contributed by atoms with Gasteiger partial charge < -0.3 is 5.32 Å². The Balaban J connectivity index is 1.83. The number of carbonyl (C=O) groups excluding carboxylic acids is 1. The lowest BCUT2D eigenvalue weighted by molar-refractivity contribution is -0.116. The predicted octanol–water partition coefficient (Wildman–Crippen LogP) is 2.30. The molecule has 2 rings (SSSR count). The van der Waals surface area contributed by atoms with Crippen LogP contribution in [-0.2, 0) is 18.3 Å². The number of aryl methyl sites for hydroxylation is 3. The van der Waals surface area contributed by atoms with Crippen molar-refractivity contribution in [3.05, 3.63) is 47.7 Å². The molecule has 0 fully saturated rings. The van der Waals surface area contributed by atoms with Gasteiger partial charge in [-0.25, -0.2) is 0 Å². The number of nitrogens with one attached hydrogen (secondary N) is 1. The zero-order valence-corrected chi connectivity index (χ0v) is 10.7. The van der Waals surface area contributed by atoms with E-state index in [-0.39, 0.29) is 5.91 Å². The molecular formula is C14H17N3O. The van der Waals surface area contributed by atoms with Crippen LogP contribution in [0.25, 0.3) is 0 Å². The number of hydrogen-bond acceptors (Lipinski definition) is 2. The van der Waals surface area contributed by atoms with Gasteiger partial charge >= 0.3 is 0 Å². The molecule has 0 aliphatic heterocycles. The van der Waals surface area contributed by atoms with Crippen LogP contribution >= 0.6 is 0 Å². The maximum Gasteiger partial charge on any atom is 0.225 e. The summed E-state index contributed by atoms with van der Waals surface area (Å²) in [5.74, 6) is 0.598. The molecule has 1 N–H and O–H groups in total. The SMILES string of the molecule is Cc1ccc(CCC(=O)Nc2ccn(C)n2)cc1. The summed E-state index contributed by atoms with van der Waals surface area (Å²) in [5.41, 5.74) is 2.41. The molecule has 0 unspecified atom stereocenters. The summed E-state index contributed by atoms with van der Waals surface area (Å²) in [4.78, 5) is 11.7. The Morgan fingerprint density at radius 2 is 2.00 bits per heavy atom. The van der Waals surface area contributed by atoms with Gasteiger partial charge in [0.25, 0.3) is 0 Å². The Kier molecular flexibility index (Phi) is 3.77. The number of amides is 1. The summed E-state index contributed by atoms with van der Waals surface area (Å²) in [5, 5.41) is 6.88. The van der Waals surface area contributed by atoms with Gasteiger partial charge in [0.05, 0.1) is 0 Å². The van der Waals surface area contributed by atoms with Gasteiger partial charge in [-0.05, 0) is 18.9 Å². The van der Waals surface area contributed by atoms with Crippen LogP contribution in [0.3, 0.4) is 0 Å². The van der Waals surface area contributed by atoms with E-state index < -0.39 is 0 Å². The molecule has 1 aromatic heterocycles. The summed E-state index contributed by atoms with van der Waals surface area (Å²) in [6.07, 6.45) is 3.02. The van der Waals surface area contributed by atoms with Crippen LogP contribution in [0.15, 0.2) is 36.5 Å². The number of hydrogen-bond donors (Lipinski definition) is 1. The Morgan fingerprint density at radius 3 is 2.61 bits per heavy atom. The van der Waals surface area contributed by atoms with Crippen molar-refractivity contribution < 1.29 is 4.79 Å². The van der Waals surface area contributed by atoms with Crippen molar-refractivity contribution in [1.82, 2.24) is 9.78 Å². The first kappa shape index (κ1) is 12.4. The summed E-state index contributed by atoms with van der Waals surface area (Å²) >= 11 is 0. The van der Waals surface area contributed by atoms with E-state index in [1.807, 2.05) is 7.05 Å². The minimum Gasteiger partial charge on any atom is -0.309 e. The van der Waals surface area contributed by atoms with E-state index in [0.29, 0.717) is 12.2 Å². The molecule has 4 nitrogen and oxygen atoms in total. The second-order valence-corrected chi connectivity index (χ2v) is 4.41. The average Bonchev–Trinajstić information content (AvgIpc) is 2.74. The second kappa shape index (κ2) is 5.49. The van der Waals surface area contributed by atoms with Crippen molar-refractivity contribution in [2.24, 2.45) is 7.05 Å². The highest BCUT2D eigenvalue weighted by molar-refractivity contribution is 5.89. The number of anilines is 1. The number of rotatable bonds is 4. The van der Waals surface area contributed by atoms with Crippen LogP contribution in [0.5, 0.6) is 0 Å². The van der Waals surface area contributed by atoms with Gasteiger partial charge in [-0.15, -0.1) is 0 Å². The number of carbonyl (C=O) groups is 1. The molecule has 0 atom stereocenters. The van der Waals surface area contributed by atoms with E-state index in [1.165, 1.54) is 11.1 Å². The van der Waals surface area contributed by atoms with E-state index in [0.717, 1.165) is 6.42 Å². The number of aromatic nitrogens is 2. The highest BCUT2D eigenvalue weighted by Crippen LogP contribution is 2.07. The lowest BCUT2D eigenvalue weighted by atomic mass is 10.1. The van der Waals surface area contributed by atoms with Gasteiger partial charge in [0.15, 0.2) is 5.82 Å². The van der Waals surface area contributed by atoms with Gasteiger partial charge in [-0.3, -0.25) is 9.48 Å². The van der Waals surface area contributed by atoms with Crippen LogP contribution in [0.2, 0.25) is 0 Å². The third kappa shape index (κ3) is 3.45. The third-order valence-electron chi connectivity index (χ3n) is 2.74. The predicted molar refractivity (Wildman–Crippen MR) is 71.3 cm³/mol. The Bertz CT molecular complexity index is 528. The molecule has 0 saturated heterocycles. The molecule has 0 saturated carbocycles. The molecule has 0 bridgehead atoms. The zero-order valence-electron chi connectivity index (χ0n) is 10.7. The third-order valence-corrected chi connectivity index (χ3v) is 2.74. The summed E-state index contributed by atoms with van der Waals surface area (Å²) in [6, 6.07) is 10.0. The molecule has 4 heteroatoms. The summed E-state index contributed by atoms with van der Waals surface area (Å²) in [6.45, 7) is 2.05. The van der Waals surface area contributed by atoms with Crippen molar-refractivity contribution >= 4 is 11.7 Å². The Labute approximate surface area is 107 Å². The normalized spacial score (nSPS) is 10.3. The lowest BCUT2D eigenvalue weighted by Gasteiger charge is -2.03. The van der Waals surface area contributed by atoms with Crippen LogP contribution in [-0.4, -0.2) is 15.7 Å². The van der Waals surface area contributed by atoms with E-state index in [2.05, 4.69) is 41.6 Å². The molecule has 0 aliphatic carbocycles. The molecule has 1 heterocycles. The first-order valence-electron chi connectivity index (χ1n) is 5.98. The fraction of sp³-hybridized carbons (Fsp3) is 0.286. The molecule has 0 aliphatic rings. The van der Waals surface area contributed by atoms with Crippen molar-refractivity contribution in [2.75, 3.05) is 5.32 Å². The summed E-state index contributed by atoms with van der Waals surface area (Å²) in [7, 11) is 1.82. The molecule has 18 heavy (non-hydrogen) atoms. The van der Waals surface area contributed by atoms with Crippen molar-refractivity contribution in [2.45, 2.75) is 19.8 Å². The first-order chi connectivity index (χ1) is 8.63. The van der Waals surface area contributed by atoms with Crippen molar-refractivity contribution in [1.29, 1.82) is 0 Å². The highest BCUT2D eigenvalue weighted by Gasteiger charge is 2.04. The topological polar surface area (TPSA) is 46.9 Å². The minimum atomic E-state index is -0.00530. The molecule has 94 valence electrons. The maximum absolute atomic E-state index is 11.7. The van der Waals surface area contributed by atoms with Crippen LogP contribution < -0.4 is 5.32 Å². The molecule has 0 radical (unpaired) electrons. The monoisotopic (exact) mass is 243 g/mol. The molecule has 1 aromatic carbocycles. The fourth-order valence-electron chi connectivity index (χ4n) is 1.70. The second-order valence-electron chi connectivity index (χ2n) is 4.41. The fourth-order valence-corrected chi connectivity index (χ4v) is 1.70. The number of benzene rings is 1. The Hall–Kier alpha value is -2.10. The van der Waals surface area contributed by atoms with E-state index in [1.54, 1.807) is 16.9 Å². The quantitative estimate of drug-likeness (QED) is 0.895. The van der Waals surface area contributed by atoms with Gasteiger partial charge in [0.1, 0.15) is 0 Å². The number of nitrogens with zero attached hydrogens (tertiary/aromatic N) is 2. The first-order valence-corrected chi connectivity index (χ1v) is 5.98. The molecule has 1 amide bonds. The van der Waals surface area contributed by atoms with Gasteiger partial charge in [0.2, 0.25) is 5.91 Å². The van der Waals surface area contributed by atoms with Crippen LogP contribution in [0.1, 0.15) is 17.5 Å². The van der Waals surface area contributed by atoms with Crippen LogP contribution in [0.4, 0.5) is 5.82 Å². The van der Waals surface area contributed by atoms with Gasteiger partial charge in [-0.1, -0.05) is 29.8 Å². The highest BCUT2D eigenvalue weighted by atomic mass is 16.1. The smallest absolute Gasteiger partial charge is 0.225 e. The molecular weight excluding hydrogens is 226 g/mol. The van der Waals surface area contributed by atoms with Crippen LogP contribution in [0, 0.1) is 6.92 Å². The van der Waals surface area contributed by atoms with E-state index in [9.17, 15) is 4.79 Å². The minimum absolute atomic E-state index is 0.00530. The van der Waals surface area contributed by atoms with E-state index >= 15 is 0 Å². The largest absolute Gasteiger partial charge is 0.309 e. The van der Waals surface area contributed by atoms with Gasteiger partial charge in [-0.2, -0.15) is 5.10 Å². The maximum atomic E-state index is 11.7. The standard InChI is InChI=1S/C14H17N3O/c1-11-3-5-12(6-4-11)7-8-14(18)15-13-9-10-17(2)16-13/h3-6,9-10H,7-8H2,1-2H3,(H,15,16,18). The molecule has 0 spiro atoms. The van der Waals surface area contributed by atoms with Crippen molar-refractivity contribution in [3.63, 3.8) is 0 Å². The lowest BCUT2D eigenvalue weighted by Crippen LogP contribution is -2.12. The van der Waals surface area contributed by atoms with Crippen molar-refractivity contribution in [3.8, 4) is 0 Å². The zero-order chi connectivity index (χ0) is 13.0. The van der Waals surface area contributed by atoms with E-state index in [4.69, 9.17) is 0 Å². The average molecular weight is 243 g/mol. The van der Waals surface area contributed by atoms with Gasteiger partial charge in [0, 0.05) is 25.7 Å². The molecule has 2 aromatic rings.